The summed E-state index contributed by atoms with van der Waals surface area (Å²) in [6.45, 7) is 1.34. The highest BCUT2D eigenvalue weighted by atomic mass is 19.1. The van der Waals surface area contributed by atoms with Crippen molar-refractivity contribution in [1.82, 2.24) is 14.7 Å². The lowest BCUT2D eigenvalue weighted by Gasteiger charge is -2.07. The molecule has 1 aromatic carbocycles. The molecule has 3 rings (SSSR count). The maximum absolute atomic E-state index is 12.9. The average Bonchev–Trinajstić information content (AvgIpc) is 3.05. The fourth-order valence-corrected chi connectivity index (χ4v) is 2.22. The molecule has 0 aliphatic rings. The molecule has 0 bridgehead atoms. The number of rotatable bonds is 5. The van der Waals surface area contributed by atoms with E-state index in [9.17, 15) is 18.8 Å². The van der Waals surface area contributed by atoms with Gasteiger partial charge in [0.25, 0.3) is 11.3 Å². The first-order valence-electron chi connectivity index (χ1n) is 7.57. The predicted molar refractivity (Wildman–Crippen MR) is 87.1 cm³/mol. The van der Waals surface area contributed by atoms with Crippen LogP contribution in [0.1, 0.15) is 17.4 Å². The van der Waals surface area contributed by atoms with Crippen molar-refractivity contribution >= 4 is 28.7 Å². The first kappa shape index (κ1) is 17.3. The second-order valence-electron chi connectivity index (χ2n) is 5.16. The van der Waals surface area contributed by atoms with E-state index in [4.69, 9.17) is 9.26 Å². The standard InChI is InChI=1S/C16H13FN4O5/c1-2-25-16(24)13-12-14(26-20-13)18-8-21(15(12)23)7-11(22)19-10-5-3-9(17)4-6-10/h3-6,8H,2,7H2,1H3,(H,19,22). The lowest BCUT2D eigenvalue weighted by atomic mass is 10.3. The fourth-order valence-electron chi connectivity index (χ4n) is 2.22. The molecule has 10 heteroatoms. The van der Waals surface area contributed by atoms with Gasteiger partial charge in [-0.25, -0.2) is 14.2 Å². The van der Waals surface area contributed by atoms with Gasteiger partial charge in [0.2, 0.25) is 11.6 Å². The smallest absolute Gasteiger partial charge is 0.361 e. The Morgan fingerprint density at radius 2 is 2.04 bits per heavy atom. The van der Waals surface area contributed by atoms with Crippen LogP contribution in [0.5, 0.6) is 0 Å². The normalized spacial score (nSPS) is 10.7. The molecule has 0 saturated carbocycles. The molecule has 3 aromatic rings. The van der Waals surface area contributed by atoms with Crippen molar-refractivity contribution in [2.75, 3.05) is 11.9 Å². The second kappa shape index (κ2) is 7.13. The lowest BCUT2D eigenvalue weighted by Crippen LogP contribution is -2.28. The second-order valence-corrected chi connectivity index (χ2v) is 5.16. The molecule has 26 heavy (non-hydrogen) atoms. The summed E-state index contributed by atoms with van der Waals surface area (Å²) in [6.07, 6.45) is 1.11. The van der Waals surface area contributed by atoms with E-state index < -0.39 is 23.3 Å². The van der Waals surface area contributed by atoms with E-state index in [-0.39, 0.29) is 29.9 Å². The maximum atomic E-state index is 12.9. The topological polar surface area (TPSA) is 116 Å². The molecule has 0 unspecified atom stereocenters. The Morgan fingerprint density at radius 3 is 2.73 bits per heavy atom. The van der Waals surface area contributed by atoms with Crippen molar-refractivity contribution in [2.24, 2.45) is 0 Å². The van der Waals surface area contributed by atoms with E-state index in [2.05, 4.69) is 15.5 Å². The number of esters is 1. The van der Waals surface area contributed by atoms with E-state index in [0.717, 1.165) is 10.9 Å². The summed E-state index contributed by atoms with van der Waals surface area (Å²) in [4.78, 5) is 40.3. The fraction of sp³-hybridized carbons (Fsp3) is 0.188. The number of fused-ring (bicyclic) bond motifs is 1. The zero-order valence-corrected chi connectivity index (χ0v) is 13.6. The van der Waals surface area contributed by atoms with Gasteiger partial charge in [-0.3, -0.25) is 14.2 Å². The van der Waals surface area contributed by atoms with Crippen LogP contribution in [-0.4, -0.2) is 33.2 Å². The molecule has 9 nitrogen and oxygen atoms in total. The van der Waals surface area contributed by atoms with Crippen molar-refractivity contribution in [3.63, 3.8) is 0 Å². The summed E-state index contributed by atoms with van der Waals surface area (Å²) in [5, 5.41) is 5.86. The molecule has 1 amide bonds. The van der Waals surface area contributed by atoms with Gasteiger partial charge >= 0.3 is 5.97 Å². The first-order valence-corrected chi connectivity index (χ1v) is 7.57. The Balaban J connectivity index is 1.86. The number of nitrogens with one attached hydrogen (secondary N) is 1. The van der Waals surface area contributed by atoms with Crippen molar-refractivity contribution in [3.8, 4) is 0 Å². The lowest BCUT2D eigenvalue weighted by molar-refractivity contribution is -0.116. The Bertz CT molecular complexity index is 1030. The quantitative estimate of drug-likeness (QED) is 0.682. The average molecular weight is 360 g/mol. The molecular formula is C16H13FN4O5. The molecule has 0 fully saturated rings. The highest BCUT2D eigenvalue weighted by molar-refractivity contribution is 5.99. The third kappa shape index (κ3) is 3.43. The number of amides is 1. The van der Waals surface area contributed by atoms with Crippen molar-refractivity contribution in [3.05, 3.63) is 52.5 Å². The van der Waals surface area contributed by atoms with Crippen LogP contribution in [0.2, 0.25) is 0 Å². The number of hydrogen-bond acceptors (Lipinski definition) is 7. The molecular weight excluding hydrogens is 347 g/mol. The van der Waals surface area contributed by atoms with E-state index in [1.54, 1.807) is 6.92 Å². The van der Waals surface area contributed by atoms with Crippen LogP contribution in [-0.2, 0) is 16.1 Å². The largest absolute Gasteiger partial charge is 0.461 e. The molecule has 2 aromatic heterocycles. The van der Waals surface area contributed by atoms with E-state index >= 15 is 0 Å². The van der Waals surface area contributed by atoms with Crippen molar-refractivity contribution in [1.29, 1.82) is 0 Å². The molecule has 0 atom stereocenters. The molecule has 0 saturated heterocycles. The number of nitrogens with zero attached hydrogens (tertiary/aromatic N) is 3. The summed E-state index contributed by atoms with van der Waals surface area (Å²) < 4.78 is 23.5. The van der Waals surface area contributed by atoms with Gasteiger partial charge in [-0.1, -0.05) is 5.16 Å². The number of ether oxygens (including phenoxy) is 1. The zero-order chi connectivity index (χ0) is 18.7. The molecule has 0 aliphatic carbocycles. The van der Waals surface area contributed by atoms with Gasteiger partial charge in [0.1, 0.15) is 24.1 Å². The molecule has 0 radical (unpaired) electrons. The van der Waals surface area contributed by atoms with Gasteiger partial charge in [0.05, 0.1) is 6.61 Å². The maximum Gasteiger partial charge on any atom is 0.361 e. The van der Waals surface area contributed by atoms with Crippen LogP contribution in [0.15, 0.2) is 39.9 Å². The Kier molecular flexibility index (Phi) is 4.74. The Hall–Kier alpha value is -3.56. The van der Waals surface area contributed by atoms with Crippen LogP contribution in [0.4, 0.5) is 10.1 Å². The number of carbonyl (C=O) groups excluding carboxylic acids is 2. The molecule has 2 heterocycles. The van der Waals surface area contributed by atoms with Crippen LogP contribution >= 0.6 is 0 Å². The Labute approximate surface area is 145 Å². The van der Waals surface area contributed by atoms with E-state index in [1.807, 2.05) is 0 Å². The SMILES string of the molecule is CCOC(=O)c1noc2ncn(CC(=O)Nc3ccc(F)cc3)c(=O)c12. The highest BCUT2D eigenvalue weighted by Gasteiger charge is 2.22. The third-order valence-corrected chi connectivity index (χ3v) is 3.37. The molecule has 134 valence electrons. The van der Waals surface area contributed by atoms with Crippen LogP contribution < -0.4 is 10.9 Å². The number of carbonyl (C=O) groups is 2. The molecule has 0 spiro atoms. The van der Waals surface area contributed by atoms with Gasteiger partial charge in [-0.2, -0.15) is 0 Å². The molecule has 0 aliphatic heterocycles. The van der Waals surface area contributed by atoms with E-state index in [0.29, 0.717) is 5.69 Å². The predicted octanol–water partition coefficient (Wildman–Crippen LogP) is 1.34. The number of hydrogen-bond donors (Lipinski definition) is 1. The minimum atomic E-state index is -0.821. The summed E-state index contributed by atoms with van der Waals surface area (Å²) in [7, 11) is 0. The van der Waals surface area contributed by atoms with Gasteiger partial charge in [0.15, 0.2) is 0 Å². The van der Waals surface area contributed by atoms with Crippen LogP contribution in [0.25, 0.3) is 11.1 Å². The van der Waals surface area contributed by atoms with Crippen LogP contribution in [0.3, 0.4) is 0 Å². The third-order valence-electron chi connectivity index (χ3n) is 3.37. The molecule has 1 N–H and O–H groups in total. The summed E-state index contributed by atoms with van der Waals surface area (Å²) in [6, 6.07) is 5.16. The van der Waals surface area contributed by atoms with Gasteiger partial charge in [0, 0.05) is 5.69 Å². The number of aromatic nitrogens is 3. The first-order chi connectivity index (χ1) is 12.5. The minimum Gasteiger partial charge on any atom is -0.461 e. The van der Waals surface area contributed by atoms with Gasteiger partial charge in [-0.15, -0.1) is 0 Å². The van der Waals surface area contributed by atoms with Crippen molar-refractivity contribution in [2.45, 2.75) is 13.5 Å². The summed E-state index contributed by atoms with van der Waals surface area (Å²) in [5.41, 5.74) is -0.731. The number of halogens is 1. The van der Waals surface area contributed by atoms with Crippen molar-refractivity contribution < 1.29 is 23.2 Å². The summed E-state index contributed by atoms with van der Waals surface area (Å²) >= 11 is 0. The van der Waals surface area contributed by atoms with Crippen LogP contribution in [0, 0.1) is 5.82 Å². The summed E-state index contributed by atoms with van der Waals surface area (Å²) in [5.74, 6) is -1.79. The number of benzene rings is 1. The van der Waals surface area contributed by atoms with E-state index in [1.165, 1.54) is 24.3 Å². The van der Waals surface area contributed by atoms with Gasteiger partial charge < -0.3 is 14.6 Å². The monoisotopic (exact) mass is 360 g/mol. The highest BCUT2D eigenvalue weighted by Crippen LogP contribution is 2.13. The van der Waals surface area contributed by atoms with Gasteiger partial charge in [-0.05, 0) is 31.2 Å². The Morgan fingerprint density at radius 1 is 1.31 bits per heavy atom. The zero-order valence-electron chi connectivity index (χ0n) is 13.6. The number of anilines is 1. The minimum absolute atomic E-state index is 0.0989.